The highest BCUT2D eigenvalue weighted by atomic mass is 16.3. The van der Waals surface area contributed by atoms with Gasteiger partial charge in [0.05, 0.1) is 0 Å². The molecule has 0 bridgehead atoms. The molecule has 4 nitrogen and oxygen atoms in total. The monoisotopic (exact) mass is 920 g/mol. The average Bonchev–Trinajstić information content (AvgIpc) is 4.03. The van der Waals surface area contributed by atoms with Gasteiger partial charge in [0.25, 0.3) is 0 Å². The van der Waals surface area contributed by atoms with Crippen molar-refractivity contribution in [3.63, 3.8) is 0 Å². The second kappa shape index (κ2) is 17.1. The first-order valence-corrected chi connectivity index (χ1v) is 24.5. The van der Waals surface area contributed by atoms with Crippen molar-refractivity contribution < 1.29 is 8.83 Å². The first kappa shape index (κ1) is 41.3. The van der Waals surface area contributed by atoms with Gasteiger partial charge in [0.1, 0.15) is 22.3 Å². The van der Waals surface area contributed by atoms with Crippen LogP contribution in [-0.4, -0.2) is 0 Å². The first-order chi connectivity index (χ1) is 35.7. The topological polar surface area (TPSA) is 32.8 Å². The molecule has 338 valence electrons. The van der Waals surface area contributed by atoms with Crippen LogP contribution in [-0.2, 0) is 0 Å². The second-order valence-electron chi connectivity index (χ2n) is 18.4. The van der Waals surface area contributed by atoms with Crippen molar-refractivity contribution in [2.24, 2.45) is 0 Å². The number of fused-ring (bicyclic) bond motifs is 8. The number of hydrogen-bond acceptors (Lipinski definition) is 4. The number of anilines is 6. The zero-order valence-corrected chi connectivity index (χ0v) is 39.1. The Bertz CT molecular complexity index is 4040. The highest BCUT2D eigenvalue weighted by Crippen LogP contribution is 2.50. The molecular weight excluding hydrogens is 877 g/mol. The van der Waals surface area contributed by atoms with Crippen molar-refractivity contribution in [2.45, 2.75) is 0 Å². The molecule has 14 rings (SSSR count). The summed E-state index contributed by atoms with van der Waals surface area (Å²) >= 11 is 0. The van der Waals surface area contributed by atoms with Crippen molar-refractivity contribution in [3.05, 3.63) is 267 Å². The number of rotatable bonds is 9. The lowest BCUT2D eigenvalue weighted by Crippen LogP contribution is -2.09. The largest absolute Gasteiger partial charge is 0.456 e. The maximum absolute atomic E-state index is 6.65. The SMILES string of the molecule is c1ccc(N(c2ccc(-c3c(-c4ccc5oc6ccccc6c5c4-c4ccc(N(c5ccccc5)c5ccc6ccccc6c5)cc4)ccc4oc5ccccc5c34)cc2)c2ccc3ccccc3c2)cc1. The van der Waals surface area contributed by atoms with Crippen molar-refractivity contribution in [3.8, 4) is 33.4 Å². The number of nitrogens with zero attached hydrogens (tertiary/aromatic N) is 2. The van der Waals surface area contributed by atoms with Gasteiger partial charge in [0, 0.05) is 66.8 Å². The van der Waals surface area contributed by atoms with Crippen LogP contribution >= 0.6 is 0 Å². The Labute approximate surface area is 416 Å². The summed E-state index contributed by atoms with van der Waals surface area (Å²) in [5.74, 6) is 0. The van der Waals surface area contributed by atoms with Gasteiger partial charge in [-0.05, 0) is 153 Å². The fourth-order valence-electron chi connectivity index (χ4n) is 10.9. The summed E-state index contributed by atoms with van der Waals surface area (Å²) in [6.07, 6.45) is 0. The van der Waals surface area contributed by atoms with E-state index in [1.807, 2.05) is 12.1 Å². The molecule has 0 atom stereocenters. The van der Waals surface area contributed by atoms with E-state index < -0.39 is 0 Å². The van der Waals surface area contributed by atoms with E-state index in [2.05, 4.69) is 265 Å². The quantitative estimate of drug-likeness (QED) is 0.144. The van der Waals surface area contributed by atoms with Gasteiger partial charge in [-0.1, -0.05) is 158 Å². The molecule has 0 saturated carbocycles. The van der Waals surface area contributed by atoms with Crippen LogP contribution < -0.4 is 9.80 Å². The van der Waals surface area contributed by atoms with Crippen molar-refractivity contribution in [1.29, 1.82) is 0 Å². The first-order valence-electron chi connectivity index (χ1n) is 24.5. The molecule has 0 radical (unpaired) electrons. The Morgan fingerprint density at radius 1 is 0.236 bits per heavy atom. The molecular formula is C68H44N2O2. The highest BCUT2D eigenvalue weighted by Gasteiger charge is 2.24. The molecule has 0 fully saturated rings. The Hall–Kier alpha value is -9.64. The summed E-state index contributed by atoms with van der Waals surface area (Å²) in [6, 6.07) is 95.4. The average molecular weight is 921 g/mol. The van der Waals surface area contributed by atoms with Gasteiger partial charge in [-0.15, -0.1) is 0 Å². The van der Waals surface area contributed by atoms with Gasteiger partial charge in [0.15, 0.2) is 0 Å². The van der Waals surface area contributed by atoms with E-state index in [9.17, 15) is 0 Å². The van der Waals surface area contributed by atoms with Crippen LogP contribution in [0.1, 0.15) is 0 Å². The molecule has 0 aliphatic rings. The predicted molar refractivity (Wildman–Crippen MR) is 302 cm³/mol. The third kappa shape index (κ3) is 7.00. The van der Waals surface area contributed by atoms with E-state index in [0.29, 0.717) is 0 Å². The van der Waals surface area contributed by atoms with Crippen LogP contribution in [0, 0.1) is 0 Å². The molecule has 0 N–H and O–H groups in total. The molecule has 14 aromatic rings. The Kier molecular flexibility index (Phi) is 9.82. The van der Waals surface area contributed by atoms with Crippen LogP contribution in [0.25, 0.3) is 98.8 Å². The van der Waals surface area contributed by atoms with Crippen LogP contribution in [0.2, 0.25) is 0 Å². The number of furan rings is 2. The fourth-order valence-corrected chi connectivity index (χ4v) is 10.9. The minimum atomic E-state index is 0.844. The summed E-state index contributed by atoms with van der Waals surface area (Å²) < 4.78 is 13.3. The summed E-state index contributed by atoms with van der Waals surface area (Å²) in [5.41, 5.74) is 16.5. The summed E-state index contributed by atoms with van der Waals surface area (Å²) in [7, 11) is 0. The van der Waals surface area contributed by atoms with Gasteiger partial charge in [0.2, 0.25) is 0 Å². The molecule has 0 amide bonds. The third-order valence-corrected chi connectivity index (χ3v) is 14.2. The van der Waals surface area contributed by atoms with Crippen LogP contribution in [0.3, 0.4) is 0 Å². The molecule has 4 heteroatoms. The Balaban J connectivity index is 0.968. The zero-order valence-electron chi connectivity index (χ0n) is 39.1. The minimum absolute atomic E-state index is 0.844. The van der Waals surface area contributed by atoms with Crippen LogP contribution in [0.4, 0.5) is 34.1 Å². The molecule has 0 aliphatic heterocycles. The molecule has 0 aliphatic carbocycles. The summed E-state index contributed by atoms with van der Waals surface area (Å²) in [6.45, 7) is 0. The lowest BCUT2D eigenvalue weighted by Gasteiger charge is -2.26. The Morgan fingerprint density at radius 3 is 1.01 bits per heavy atom. The maximum Gasteiger partial charge on any atom is 0.136 e. The summed E-state index contributed by atoms with van der Waals surface area (Å²) in [4.78, 5) is 4.67. The van der Waals surface area contributed by atoms with E-state index in [0.717, 1.165) is 111 Å². The maximum atomic E-state index is 6.65. The molecule has 2 aromatic heterocycles. The zero-order chi connectivity index (χ0) is 47.5. The third-order valence-electron chi connectivity index (χ3n) is 14.2. The molecule has 0 saturated heterocycles. The molecule has 72 heavy (non-hydrogen) atoms. The summed E-state index contributed by atoms with van der Waals surface area (Å²) in [5, 5.41) is 9.13. The number of hydrogen-bond donors (Lipinski definition) is 0. The standard InChI is InChI=1S/C68H44N2O2/c1-3-19-51(20-4-1)69(55-37-27-45-15-7-9-17-49(45)43-55)53-33-29-47(30-34-53)65-57(39-41-63-67(65)59-23-11-13-25-61(59)71-63)58-40-42-64-68(60-24-12-14-26-62(60)72-64)66(58)48-31-35-54(36-32-48)70(52-21-5-2-6-22-52)56-38-28-46-16-8-10-18-50(46)44-56/h1-44H. The molecule has 12 aromatic carbocycles. The van der Waals surface area contributed by atoms with Gasteiger partial charge in [-0.3, -0.25) is 0 Å². The van der Waals surface area contributed by atoms with Gasteiger partial charge in [-0.2, -0.15) is 0 Å². The van der Waals surface area contributed by atoms with Crippen molar-refractivity contribution in [2.75, 3.05) is 9.80 Å². The van der Waals surface area contributed by atoms with Gasteiger partial charge >= 0.3 is 0 Å². The minimum Gasteiger partial charge on any atom is -0.456 e. The van der Waals surface area contributed by atoms with E-state index in [-0.39, 0.29) is 0 Å². The van der Waals surface area contributed by atoms with E-state index in [4.69, 9.17) is 8.83 Å². The van der Waals surface area contributed by atoms with Gasteiger partial charge in [-0.25, -0.2) is 0 Å². The van der Waals surface area contributed by atoms with Crippen LogP contribution in [0.15, 0.2) is 276 Å². The number of benzene rings is 12. The molecule has 0 unspecified atom stereocenters. The van der Waals surface area contributed by atoms with E-state index in [1.165, 1.54) is 21.5 Å². The van der Waals surface area contributed by atoms with Crippen molar-refractivity contribution in [1.82, 2.24) is 0 Å². The number of para-hydroxylation sites is 4. The highest BCUT2D eigenvalue weighted by molar-refractivity contribution is 6.20. The smallest absolute Gasteiger partial charge is 0.136 e. The second-order valence-corrected chi connectivity index (χ2v) is 18.4. The Morgan fingerprint density at radius 2 is 0.583 bits per heavy atom. The van der Waals surface area contributed by atoms with Gasteiger partial charge < -0.3 is 18.6 Å². The lowest BCUT2D eigenvalue weighted by atomic mass is 9.85. The van der Waals surface area contributed by atoms with E-state index in [1.54, 1.807) is 0 Å². The lowest BCUT2D eigenvalue weighted by molar-refractivity contribution is 0.668. The van der Waals surface area contributed by atoms with Crippen molar-refractivity contribution >= 4 is 99.5 Å². The van der Waals surface area contributed by atoms with Crippen LogP contribution in [0.5, 0.6) is 0 Å². The predicted octanol–water partition coefficient (Wildman–Crippen LogP) is 19.7. The molecule has 2 heterocycles. The molecule has 0 spiro atoms. The normalized spacial score (nSPS) is 11.6. The fraction of sp³-hybridized carbons (Fsp3) is 0. The van der Waals surface area contributed by atoms with E-state index >= 15 is 0 Å².